The number of fused-ring (bicyclic) bond motifs is 10. The summed E-state index contributed by atoms with van der Waals surface area (Å²) in [7, 11) is 0. The Bertz CT molecular complexity index is 4210. The van der Waals surface area contributed by atoms with Crippen LogP contribution in [0.3, 0.4) is 0 Å². The summed E-state index contributed by atoms with van der Waals surface area (Å²) in [4.78, 5) is 2.46. The minimum absolute atomic E-state index is 0.898. The van der Waals surface area contributed by atoms with Crippen LogP contribution in [0.15, 0.2) is 247 Å². The zero-order chi connectivity index (χ0) is 44.7. The Morgan fingerprint density at radius 2 is 0.971 bits per heavy atom. The van der Waals surface area contributed by atoms with Gasteiger partial charge in [-0.3, -0.25) is 0 Å². The Hall–Kier alpha value is -8.70. The second-order valence-electron chi connectivity index (χ2n) is 17.6. The van der Waals surface area contributed by atoms with E-state index in [0.717, 1.165) is 61.4 Å². The Kier molecular flexibility index (Phi) is 8.76. The molecule has 0 N–H and O–H groups in total. The van der Waals surface area contributed by atoms with Gasteiger partial charge in [0.05, 0.1) is 22.4 Å². The van der Waals surface area contributed by atoms with Gasteiger partial charge in [0, 0.05) is 69.8 Å². The van der Waals surface area contributed by atoms with Crippen molar-refractivity contribution < 1.29 is 4.42 Å². The van der Waals surface area contributed by atoms with Gasteiger partial charge in [-0.15, -0.1) is 11.3 Å². The molecule has 0 bridgehead atoms. The smallest absolute Gasteiger partial charge is 0.143 e. The van der Waals surface area contributed by atoms with Gasteiger partial charge in [-0.1, -0.05) is 176 Å². The van der Waals surface area contributed by atoms with Crippen molar-refractivity contribution in [2.24, 2.45) is 0 Å². The van der Waals surface area contributed by atoms with Crippen LogP contribution in [-0.2, 0) is 0 Å². The number of anilines is 3. The van der Waals surface area contributed by atoms with Gasteiger partial charge in [-0.05, 0) is 94.2 Å². The summed E-state index contributed by atoms with van der Waals surface area (Å²) in [5.41, 5.74) is 15.4. The van der Waals surface area contributed by atoms with Crippen LogP contribution in [0, 0.1) is 0 Å². The number of hydrogen-bond acceptors (Lipinski definition) is 3. The maximum atomic E-state index is 6.54. The quantitative estimate of drug-likeness (QED) is 0.159. The molecule has 0 fully saturated rings. The monoisotopic (exact) mass is 884 g/mol. The first-order chi connectivity index (χ1) is 33.7. The van der Waals surface area contributed by atoms with Crippen molar-refractivity contribution in [2.45, 2.75) is 0 Å². The van der Waals surface area contributed by atoms with E-state index >= 15 is 0 Å². The van der Waals surface area contributed by atoms with Crippen LogP contribution in [0.4, 0.5) is 17.1 Å². The van der Waals surface area contributed by atoms with Crippen LogP contribution in [0.1, 0.15) is 0 Å². The third-order valence-corrected chi connectivity index (χ3v) is 15.0. The highest BCUT2D eigenvalue weighted by Gasteiger charge is 2.25. The van der Waals surface area contributed by atoms with Crippen LogP contribution in [0.25, 0.3) is 114 Å². The first-order valence-electron chi connectivity index (χ1n) is 23.2. The van der Waals surface area contributed by atoms with Gasteiger partial charge in [0.15, 0.2) is 0 Å². The van der Waals surface area contributed by atoms with E-state index in [9.17, 15) is 0 Å². The molecule has 0 aliphatic rings. The number of nitrogens with zero attached hydrogens (tertiary/aromatic N) is 2. The number of para-hydroxylation sites is 5. The number of furan rings is 1. The summed E-state index contributed by atoms with van der Waals surface area (Å²) < 4.78 is 11.5. The molecule has 3 nitrogen and oxygen atoms in total. The van der Waals surface area contributed by atoms with Crippen LogP contribution in [0.5, 0.6) is 0 Å². The summed E-state index contributed by atoms with van der Waals surface area (Å²) in [5.74, 6) is 0. The van der Waals surface area contributed by atoms with Crippen LogP contribution in [0.2, 0.25) is 0 Å². The first kappa shape index (κ1) is 38.6. The Morgan fingerprint density at radius 1 is 0.382 bits per heavy atom. The number of benzene rings is 11. The Labute approximate surface area is 396 Å². The van der Waals surface area contributed by atoms with Gasteiger partial charge in [-0.2, -0.15) is 0 Å². The predicted octanol–water partition coefficient (Wildman–Crippen LogP) is 18.7. The van der Waals surface area contributed by atoms with E-state index < -0.39 is 0 Å². The zero-order valence-corrected chi connectivity index (χ0v) is 37.6. The standard InChI is InChI=1S/C64H40N2OS/c1-2-15-44-40-45(29-28-41(44)14-1)42-30-34-46(35-31-42)65(47-36-32-43(33-37-47)48-21-13-22-53-51-18-6-11-26-60(51)67-63(48)53)59-39-38-54-52-19-7-12-27-61(52)68-64(54)62(59)55-20-5-10-25-58(55)66-56-23-8-3-16-49(56)50-17-4-9-24-57(50)66/h1-40H. The number of thiophene rings is 1. The van der Waals surface area contributed by atoms with E-state index in [1.54, 1.807) is 0 Å². The van der Waals surface area contributed by atoms with E-state index in [2.05, 4.69) is 246 Å². The van der Waals surface area contributed by atoms with Crippen molar-refractivity contribution in [2.75, 3.05) is 4.90 Å². The molecule has 68 heavy (non-hydrogen) atoms. The topological polar surface area (TPSA) is 21.3 Å². The summed E-state index contributed by atoms with van der Waals surface area (Å²) >= 11 is 1.87. The molecule has 3 heterocycles. The lowest BCUT2D eigenvalue weighted by Gasteiger charge is -2.29. The van der Waals surface area contributed by atoms with Crippen molar-refractivity contribution in [3.05, 3.63) is 243 Å². The largest absolute Gasteiger partial charge is 0.455 e. The molecule has 318 valence electrons. The average Bonchev–Trinajstić information content (AvgIpc) is 4.09. The lowest BCUT2D eigenvalue weighted by molar-refractivity contribution is 0.670. The first-order valence-corrected chi connectivity index (χ1v) is 24.0. The van der Waals surface area contributed by atoms with Crippen LogP contribution in [-0.4, -0.2) is 4.57 Å². The third-order valence-electron chi connectivity index (χ3n) is 13.8. The molecule has 3 aromatic heterocycles. The third kappa shape index (κ3) is 6.05. The predicted molar refractivity (Wildman–Crippen MR) is 289 cm³/mol. The molecule has 4 heteroatoms. The van der Waals surface area contributed by atoms with Gasteiger partial charge in [0.1, 0.15) is 11.2 Å². The van der Waals surface area contributed by atoms with E-state index in [1.165, 1.54) is 69.4 Å². The molecule has 11 aromatic carbocycles. The van der Waals surface area contributed by atoms with Crippen molar-refractivity contribution >= 4 is 103 Å². The lowest BCUT2D eigenvalue weighted by Crippen LogP contribution is -2.12. The minimum Gasteiger partial charge on any atom is -0.455 e. The highest BCUT2D eigenvalue weighted by molar-refractivity contribution is 7.26. The summed E-state index contributed by atoms with van der Waals surface area (Å²) in [5, 5.41) is 9.73. The summed E-state index contributed by atoms with van der Waals surface area (Å²) in [6.45, 7) is 0. The van der Waals surface area contributed by atoms with Crippen LogP contribution >= 0.6 is 11.3 Å². The van der Waals surface area contributed by atoms with Gasteiger partial charge in [-0.25, -0.2) is 0 Å². The van der Waals surface area contributed by atoms with Crippen molar-refractivity contribution in [1.82, 2.24) is 4.57 Å². The molecule has 0 aliphatic carbocycles. The van der Waals surface area contributed by atoms with Gasteiger partial charge >= 0.3 is 0 Å². The van der Waals surface area contributed by atoms with E-state index in [4.69, 9.17) is 4.42 Å². The Balaban J connectivity index is 1.01. The van der Waals surface area contributed by atoms with Crippen LogP contribution < -0.4 is 4.90 Å². The fraction of sp³-hybridized carbons (Fsp3) is 0. The molecule has 0 amide bonds. The van der Waals surface area contributed by atoms with Crippen molar-refractivity contribution in [1.29, 1.82) is 0 Å². The maximum absolute atomic E-state index is 6.54. The van der Waals surface area contributed by atoms with Gasteiger partial charge in [0.2, 0.25) is 0 Å². The molecule has 0 saturated carbocycles. The Morgan fingerprint density at radius 3 is 1.75 bits per heavy atom. The number of rotatable bonds is 7. The fourth-order valence-corrected chi connectivity index (χ4v) is 11.9. The zero-order valence-electron chi connectivity index (χ0n) is 36.8. The molecule has 0 radical (unpaired) electrons. The van der Waals surface area contributed by atoms with Gasteiger partial charge in [0.25, 0.3) is 0 Å². The second kappa shape index (κ2) is 15.5. The normalized spacial score (nSPS) is 11.8. The second-order valence-corrected chi connectivity index (χ2v) is 18.6. The van der Waals surface area contributed by atoms with Crippen molar-refractivity contribution in [3.63, 3.8) is 0 Å². The van der Waals surface area contributed by atoms with E-state index in [1.807, 2.05) is 17.4 Å². The number of aromatic nitrogens is 1. The molecule has 14 rings (SSSR count). The molecule has 14 aromatic rings. The SMILES string of the molecule is c1ccc(-n2c3ccccc3c3ccccc32)c(-c2c(N(c3ccc(-c4ccc5ccccc5c4)cc3)c3ccc(-c4cccc5c4oc4ccccc45)cc3)ccc3c2sc2ccccc23)c1. The van der Waals surface area contributed by atoms with E-state index in [0.29, 0.717) is 0 Å². The summed E-state index contributed by atoms with van der Waals surface area (Å²) in [6.07, 6.45) is 0. The average molecular weight is 885 g/mol. The van der Waals surface area contributed by atoms with Crippen molar-refractivity contribution in [3.8, 4) is 39.1 Å². The van der Waals surface area contributed by atoms with Gasteiger partial charge < -0.3 is 13.9 Å². The lowest BCUT2D eigenvalue weighted by atomic mass is 9.96. The number of hydrogen-bond donors (Lipinski definition) is 0. The minimum atomic E-state index is 0.898. The highest BCUT2D eigenvalue weighted by atomic mass is 32.1. The molecule has 0 spiro atoms. The summed E-state index contributed by atoms with van der Waals surface area (Å²) in [6, 6.07) is 88.3. The van der Waals surface area contributed by atoms with E-state index in [-0.39, 0.29) is 0 Å². The molecule has 0 aliphatic heterocycles. The molecule has 0 saturated heterocycles. The fourth-order valence-electron chi connectivity index (χ4n) is 10.7. The molecular formula is C64H40N2OS. The highest BCUT2D eigenvalue weighted by Crippen LogP contribution is 2.51. The molecule has 0 unspecified atom stereocenters. The molecule has 0 atom stereocenters. The maximum Gasteiger partial charge on any atom is 0.143 e. The molecular weight excluding hydrogens is 845 g/mol.